The second kappa shape index (κ2) is 6.07. The molecule has 1 unspecified atom stereocenters. The molecule has 86 valence electrons. The number of ether oxygens (including phenoxy) is 1. The van der Waals surface area contributed by atoms with E-state index in [1.165, 1.54) is 7.11 Å². The molecular weight excluding hydrogens is 224 g/mol. The molecule has 0 spiro atoms. The lowest BCUT2D eigenvalue weighted by atomic mass is 10.1. The number of hydrogen-bond donors (Lipinski definition) is 2. The predicted molar refractivity (Wildman–Crippen MR) is 66.0 cm³/mol. The van der Waals surface area contributed by atoms with E-state index in [1.807, 2.05) is 30.3 Å². The van der Waals surface area contributed by atoms with Gasteiger partial charge in [0, 0.05) is 7.05 Å². The third-order valence-electron chi connectivity index (χ3n) is 2.07. The molecule has 0 radical (unpaired) electrons. The molecule has 0 fully saturated rings. The molecule has 0 aromatic heterocycles. The molecule has 0 aliphatic carbocycles. The first-order valence-corrected chi connectivity index (χ1v) is 5.21. The third-order valence-corrected chi connectivity index (χ3v) is 2.39. The predicted octanol–water partition coefficient (Wildman–Crippen LogP) is 0.995. The van der Waals surface area contributed by atoms with Crippen LogP contribution in [0.4, 0.5) is 0 Å². The molecule has 0 bridgehead atoms. The van der Waals surface area contributed by atoms with Gasteiger partial charge in [-0.2, -0.15) is 0 Å². The van der Waals surface area contributed by atoms with Crippen molar-refractivity contribution in [2.45, 2.75) is 6.04 Å². The summed E-state index contributed by atoms with van der Waals surface area (Å²) >= 11 is 4.97. The number of carbonyl (C=O) groups excluding carboxylic acids is 1. The van der Waals surface area contributed by atoms with Gasteiger partial charge in [-0.1, -0.05) is 30.3 Å². The first-order chi connectivity index (χ1) is 7.69. The highest BCUT2D eigenvalue weighted by atomic mass is 32.1. The maximum absolute atomic E-state index is 11.6. The highest BCUT2D eigenvalue weighted by molar-refractivity contribution is 7.80. The SMILES string of the molecule is CNC(=S)NC(C(=O)OC)c1ccccc1. The van der Waals surface area contributed by atoms with Crippen molar-refractivity contribution in [2.75, 3.05) is 14.2 Å². The van der Waals surface area contributed by atoms with E-state index in [4.69, 9.17) is 17.0 Å². The number of esters is 1. The van der Waals surface area contributed by atoms with Crippen LogP contribution in [0.3, 0.4) is 0 Å². The standard InChI is InChI=1S/C11H14N2O2S/c1-12-11(16)13-9(10(14)15-2)8-6-4-3-5-7-8/h3-7,9H,1-2H3,(H2,12,13,16). The summed E-state index contributed by atoms with van der Waals surface area (Å²) in [5, 5.41) is 6.04. The lowest BCUT2D eigenvalue weighted by Crippen LogP contribution is -2.39. The monoisotopic (exact) mass is 238 g/mol. The van der Waals surface area contributed by atoms with Crippen molar-refractivity contribution < 1.29 is 9.53 Å². The Bertz CT molecular complexity index is 368. The summed E-state index contributed by atoms with van der Waals surface area (Å²) in [5.41, 5.74) is 0.812. The number of thiocarbonyl (C=S) groups is 1. The zero-order valence-electron chi connectivity index (χ0n) is 9.19. The first kappa shape index (κ1) is 12.4. The number of methoxy groups -OCH3 is 1. The molecule has 1 atom stereocenters. The van der Waals surface area contributed by atoms with Crippen LogP contribution in [-0.2, 0) is 9.53 Å². The van der Waals surface area contributed by atoms with E-state index in [0.29, 0.717) is 5.11 Å². The van der Waals surface area contributed by atoms with Gasteiger partial charge in [0.25, 0.3) is 0 Å². The summed E-state index contributed by atoms with van der Waals surface area (Å²) < 4.78 is 4.72. The molecule has 1 rings (SSSR count). The van der Waals surface area contributed by atoms with Crippen LogP contribution < -0.4 is 10.6 Å². The van der Waals surface area contributed by atoms with Gasteiger partial charge < -0.3 is 15.4 Å². The summed E-state index contributed by atoms with van der Waals surface area (Å²) in [5.74, 6) is -0.371. The summed E-state index contributed by atoms with van der Waals surface area (Å²) in [4.78, 5) is 11.6. The maximum atomic E-state index is 11.6. The molecule has 1 aromatic rings. The Balaban J connectivity index is 2.88. The van der Waals surface area contributed by atoms with E-state index in [2.05, 4.69) is 10.6 Å². The van der Waals surface area contributed by atoms with E-state index in [9.17, 15) is 4.79 Å². The van der Waals surface area contributed by atoms with Crippen molar-refractivity contribution in [1.82, 2.24) is 10.6 Å². The molecule has 4 nitrogen and oxygen atoms in total. The van der Waals surface area contributed by atoms with Crippen molar-refractivity contribution in [3.05, 3.63) is 35.9 Å². The highest BCUT2D eigenvalue weighted by Crippen LogP contribution is 2.13. The van der Waals surface area contributed by atoms with Crippen molar-refractivity contribution >= 4 is 23.3 Å². The van der Waals surface area contributed by atoms with Gasteiger partial charge in [-0.3, -0.25) is 0 Å². The molecule has 0 amide bonds. The first-order valence-electron chi connectivity index (χ1n) is 4.80. The fourth-order valence-electron chi connectivity index (χ4n) is 1.24. The Hall–Kier alpha value is -1.62. The molecule has 1 aromatic carbocycles. The Morgan fingerprint density at radius 1 is 1.38 bits per heavy atom. The van der Waals surface area contributed by atoms with Gasteiger partial charge in [0.15, 0.2) is 11.2 Å². The fraction of sp³-hybridized carbons (Fsp3) is 0.273. The molecule has 0 aliphatic rings. The average Bonchev–Trinajstić information content (AvgIpc) is 2.35. The van der Waals surface area contributed by atoms with Crippen LogP contribution in [0.2, 0.25) is 0 Å². The summed E-state index contributed by atoms with van der Waals surface area (Å²) in [6.07, 6.45) is 0. The van der Waals surface area contributed by atoms with Gasteiger partial charge in [0.1, 0.15) is 0 Å². The maximum Gasteiger partial charge on any atom is 0.333 e. The number of benzene rings is 1. The molecule has 0 aliphatic heterocycles. The lowest BCUT2D eigenvalue weighted by molar-refractivity contribution is -0.142. The minimum absolute atomic E-state index is 0.371. The molecular formula is C11H14N2O2S. The van der Waals surface area contributed by atoms with Crippen molar-refractivity contribution in [3.8, 4) is 0 Å². The summed E-state index contributed by atoms with van der Waals surface area (Å²) in [6, 6.07) is 8.70. The number of hydrogen-bond acceptors (Lipinski definition) is 3. The molecule has 0 saturated carbocycles. The Labute approximate surface area is 100.0 Å². The Kier molecular flexibility index (Phi) is 4.72. The number of nitrogens with one attached hydrogen (secondary N) is 2. The van der Waals surface area contributed by atoms with Crippen LogP contribution in [0.5, 0.6) is 0 Å². The van der Waals surface area contributed by atoms with Crippen LogP contribution >= 0.6 is 12.2 Å². The number of carbonyl (C=O) groups is 1. The van der Waals surface area contributed by atoms with Gasteiger partial charge in [-0.15, -0.1) is 0 Å². The fourth-order valence-corrected chi connectivity index (χ4v) is 1.36. The molecule has 0 heterocycles. The molecule has 16 heavy (non-hydrogen) atoms. The zero-order valence-corrected chi connectivity index (χ0v) is 10.0. The Morgan fingerprint density at radius 2 is 2.00 bits per heavy atom. The third kappa shape index (κ3) is 3.20. The largest absolute Gasteiger partial charge is 0.467 e. The van der Waals surface area contributed by atoms with Crippen molar-refractivity contribution in [1.29, 1.82) is 0 Å². The van der Waals surface area contributed by atoms with Gasteiger partial charge >= 0.3 is 5.97 Å². The topological polar surface area (TPSA) is 50.4 Å². The smallest absolute Gasteiger partial charge is 0.333 e. The number of rotatable bonds is 3. The van der Waals surface area contributed by atoms with Gasteiger partial charge in [0.05, 0.1) is 7.11 Å². The van der Waals surface area contributed by atoms with Crippen LogP contribution in [-0.4, -0.2) is 25.2 Å². The van der Waals surface area contributed by atoms with E-state index in [1.54, 1.807) is 7.05 Å². The molecule has 0 saturated heterocycles. The normalized spacial score (nSPS) is 11.4. The molecule has 5 heteroatoms. The lowest BCUT2D eigenvalue weighted by Gasteiger charge is -2.17. The second-order valence-electron chi connectivity index (χ2n) is 3.09. The molecule has 2 N–H and O–H groups in total. The van der Waals surface area contributed by atoms with Crippen molar-refractivity contribution in [3.63, 3.8) is 0 Å². The van der Waals surface area contributed by atoms with Gasteiger partial charge in [-0.25, -0.2) is 4.79 Å². The van der Waals surface area contributed by atoms with E-state index in [-0.39, 0.29) is 5.97 Å². The summed E-state index contributed by atoms with van der Waals surface area (Å²) in [7, 11) is 3.04. The average molecular weight is 238 g/mol. The highest BCUT2D eigenvalue weighted by Gasteiger charge is 2.21. The van der Waals surface area contributed by atoms with Crippen LogP contribution in [0.15, 0.2) is 30.3 Å². The second-order valence-corrected chi connectivity index (χ2v) is 3.50. The van der Waals surface area contributed by atoms with E-state index >= 15 is 0 Å². The van der Waals surface area contributed by atoms with Crippen LogP contribution in [0, 0.1) is 0 Å². The van der Waals surface area contributed by atoms with Gasteiger partial charge in [0.2, 0.25) is 0 Å². The van der Waals surface area contributed by atoms with Crippen molar-refractivity contribution in [2.24, 2.45) is 0 Å². The quantitative estimate of drug-likeness (QED) is 0.607. The van der Waals surface area contributed by atoms with E-state index < -0.39 is 6.04 Å². The van der Waals surface area contributed by atoms with Crippen LogP contribution in [0.1, 0.15) is 11.6 Å². The van der Waals surface area contributed by atoms with Crippen LogP contribution in [0.25, 0.3) is 0 Å². The minimum Gasteiger partial charge on any atom is -0.467 e. The Morgan fingerprint density at radius 3 is 2.50 bits per heavy atom. The summed E-state index contributed by atoms with van der Waals surface area (Å²) in [6.45, 7) is 0. The zero-order chi connectivity index (χ0) is 12.0. The van der Waals surface area contributed by atoms with Gasteiger partial charge in [-0.05, 0) is 17.8 Å². The minimum atomic E-state index is -0.578. The van der Waals surface area contributed by atoms with E-state index in [0.717, 1.165) is 5.56 Å².